The monoisotopic (exact) mass is 408 g/mol. The van der Waals surface area contributed by atoms with Crippen LogP contribution >= 0.6 is 0 Å². The van der Waals surface area contributed by atoms with Gasteiger partial charge in [0, 0.05) is 29.7 Å². The topological polar surface area (TPSA) is 112 Å². The van der Waals surface area contributed by atoms with Crippen LogP contribution in [0.2, 0.25) is 0 Å². The van der Waals surface area contributed by atoms with Crippen molar-refractivity contribution in [3.8, 4) is 11.5 Å². The highest BCUT2D eigenvalue weighted by Gasteiger charge is 2.38. The first-order valence-corrected chi connectivity index (χ1v) is 9.55. The summed E-state index contributed by atoms with van der Waals surface area (Å²) in [6, 6.07) is 8.77. The van der Waals surface area contributed by atoms with E-state index in [1.165, 1.54) is 0 Å². The number of Topliss-reactive ketones (excluding diaryl/α,β-unsaturated/α-hetero) is 1. The summed E-state index contributed by atoms with van der Waals surface area (Å²) in [4.78, 5) is 13.3. The van der Waals surface area contributed by atoms with E-state index < -0.39 is 6.04 Å². The van der Waals surface area contributed by atoms with Crippen LogP contribution in [0.1, 0.15) is 36.1 Å². The number of carbonyl (C=O) groups is 1. The molecular weight excluding hydrogens is 388 g/mol. The standard InChI is InChI=1S/C21H20N4O5/c1-27-13-6-12(7-14(10-13)28-2)19-18-15(22-20-21(23-19)25-30-24-20)8-11(9-16(18)26)17-4-3-5-29-17/h3-7,10-11,19H,8-9H2,1-2H3,(H,22,24)(H,23,25)/t11-,19-/m1/s1. The molecule has 0 fully saturated rings. The summed E-state index contributed by atoms with van der Waals surface area (Å²) in [5.41, 5.74) is 2.20. The maximum Gasteiger partial charge on any atom is 0.219 e. The van der Waals surface area contributed by atoms with Gasteiger partial charge in [-0.3, -0.25) is 4.79 Å². The Bertz CT molecular complexity index is 1100. The third-order valence-electron chi connectivity index (χ3n) is 5.49. The largest absolute Gasteiger partial charge is 0.497 e. The second kappa shape index (κ2) is 7.25. The molecule has 3 heterocycles. The van der Waals surface area contributed by atoms with E-state index in [0.29, 0.717) is 41.5 Å². The lowest BCUT2D eigenvalue weighted by Gasteiger charge is -2.28. The van der Waals surface area contributed by atoms with Gasteiger partial charge in [0.15, 0.2) is 5.78 Å². The number of aromatic nitrogens is 2. The van der Waals surface area contributed by atoms with Crippen molar-refractivity contribution in [3.05, 3.63) is 59.2 Å². The number of carbonyl (C=O) groups excluding carboxylic acids is 1. The lowest BCUT2D eigenvalue weighted by atomic mass is 9.80. The van der Waals surface area contributed by atoms with E-state index in [-0.39, 0.29) is 11.7 Å². The number of anilines is 2. The van der Waals surface area contributed by atoms with Crippen molar-refractivity contribution in [2.24, 2.45) is 0 Å². The zero-order valence-electron chi connectivity index (χ0n) is 16.5. The van der Waals surface area contributed by atoms with Crippen LogP contribution in [-0.2, 0) is 4.79 Å². The molecule has 2 aromatic heterocycles. The first-order valence-electron chi connectivity index (χ1n) is 9.55. The van der Waals surface area contributed by atoms with Crippen LogP contribution in [0.5, 0.6) is 11.5 Å². The number of ketones is 1. The quantitative estimate of drug-likeness (QED) is 0.668. The Kier molecular flexibility index (Phi) is 4.42. The number of allylic oxidation sites excluding steroid dienone is 1. The average molecular weight is 408 g/mol. The lowest BCUT2D eigenvalue weighted by Crippen LogP contribution is -2.27. The van der Waals surface area contributed by atoms with Crippen molar-refractivity contribution in [2.75, 3.05) is 24.9 Å². The maximum absolute atomic E-state index is 13.3. The van der Waals surface area contributed by atoms with Gasteiger partial charge >= 0.3 is 0 Å². The van der Waals surface area contributed by atoms with E-state index in [2.05, 4.69) is 20.9 Å². The molecule has 9 heteroatoms. The maximum atomic E-state index is 13.3. The van der Waals surface area contributed by atoms with Crippen LogP contribution in [0.25, 0.3) is 0 Å². The van der Waals surface area contributed by atoms with Crippen molar-refractivity contribution in [3.63, 3.8) is 0 Å². The van der Waals surface area contributed by atoms with Gasteiger partial charge in [-0.25, -0.2) is 4.63 Å². The van der Waals surface area contributed by atoms with Crippen molar-refractivity contribution >= 4 is 17.4 Å². The van der Waals surface area contributed by atoms with Gasteiger partial charge in [-0.1, -0.05) is 0 Å². The molecule has 3 aromatic rings. The first-order chi connectivity index (χ1) is 14.7. The van der Waals surface area contributed by atoms with E-state index in [9.17, 15) is 4.79 Å². The molecule has 0 unspecified atom stereocenters. The number of nitrogens with zero attached hydrogens (tertiary/aromatic N) is 2. The minimum atomic E-state index is -0.477. The number of rotatable bonds is 4. The number of hydrogen-bond acceptors (Lipinski definition) is 9. The molecule has 2 aliphatic rings. The van der Waals surface area contributed by atoms with Gasteiger partial charge in [-0.05, 0) is 46.6 Å². The molecule has 0 spiro atoms. The first kappa shape index (κ1) is 18.3. The smallest absolute Gasteiger partial charge is 0.219 e. The fourth-order valence-corrected chi connectivity index (χ4v) is 4.07. The molecular formula is C21H20N4O5. The highest BCUT2D eigenvalue weighted by Crippen LogP contribution is 2.44. The molecule has 0 saturated heterocycles. The molecule has 2 N–H and O–H groups in total. The van der Waals surface area contributed by atoms with Gasteiger partial charge in [-0.2, -0.15) is 0 Å². The summed E-state index contributed by atoms with van der Waals surface area (Å²) >= 11 is 0. The normalized spacial score (nSPS) is 20.5. The number of hydrogen-bond donors (Lipinski definition) is 2. The minimum absolute atomic E-state index is 0.0199. The average Bonchev–Trinajstić information content (AvgIpc) is 3.42. The predicted molar refractivity (Wildman–Crippen MR) is 107 cm³/mol. The van der Waals surface area contributed by atoms with E-state index in [1.807, 2.05) is 24.3 Å². The third-order valence-corrected chi connectivity index (χ3v) is 5.49. The summed E-state index contributed by atoms with van der Waals surface area (Å²) in [6.07, 6.45) is 2.57. The summed E-state index contributed by atoms with van der Waals surface area (Å²) in [5.74, 6) is 2.87. The summed E-state index contributed by atoms with van der Waals surface area (Å²) in [5, 5.41) is 14.4. The SMILES string of the molecule is COc1cc(OC)cc([C@H]2Nc3nonc3NC3=C2C(=O)C[C@H](c2ccco2)C3)c1. The fourth-order valence-electron chi connectivity index (χ4n) is 4.07. The molecule has 1 aliphatic heterocycles. The molecule has 0 saturated carbocycles. The van der Waals surface area contributed by atoms with E-state index in [0.717, 1.165) is 17.0 Å². The Labute approximate surface area is 172 Å². The molecule has 2 atom stereocenters. The van der Waals surface area contributed by atoms with Crippen molar-refractivity contribution in [1.29, 1.82) is 0 Å². The minimum Gasteiger partial charge on any atom is -0.497 e. The number of furan rings is 1. The summed E-state index contributed by atoms with van der Waals surface area (Å²) < 4.78 is 21.3. The van der Waals surface area contributed by atoms with Crippen molar-refractivity contribution < 1.29 is 23.3 Å². The van der Waals surface area contributed by atoms with Crippen molar-refractivity contribution in [1.82, 2.24) is 10.3 Å². The third kappa shape index (κ3) is 3.08. The molecule has 0 radical (unpaired) electrons. The van der Waals surface area contributed by atoms with Gasteiger partial charge in [0.1, 0.15) is 17.3 Å². The van der Waals surface area contributed by atoms with E-state index in [1.54, 1.807) is 26.5 Å². The molecule has 0 bridgehead atoms. The molecule has 1 aliphatic carbocycles. The van der Waals surface area contributed by atoms with Gasteiger partial charge in [0.05, 0.1) is 26.5 Å². The van der Waals surface area contributed by atoms with Crippen molar-refractivity contribution in [2.45, 2.75) is 24.8 Å². The van der Waals surface area contributed by atoms with Crippen LogP contribution < -0.4 is 20.1 Å². The lowest BCUT2D eigenvalue weighted by molar-refractivity contribution is -0.116. The second-order valence-corrected chi connectivity index (χ2v) is 7.25. The predicted octanol–water partition coefficient (Wildman–Crippen LogP) is 3.66. The Hall–Kier alpha value is -3.75. The van der Waals surface area contributed by atoms with Gasteiger partial charge in [-0.15, -0.1) is 0 Å². The zero-order chi connectivity index (χ0) is 20.7. The number of fused-ring (bicyclic) bond motifs is 1. The molecule has 30 heavy (non-hydrogen) atoms. The summed E-state index contributed by atoms with van der Waals surface area (Å²) in [6.45, 7) is 0. The van der Waals surface area contributed by atoms with Crippen LogP contribution in [0, 0.1) is 0 Å². The number of methoxy groups -OCH3 is 2. The summed E-state index contributed by atoms with van der Waals surface area (Å²) in [7, 11) is 3.18. The highest BCUT2D eigenvalue weighted by molar-refractivity contribution is 6.00. The van der Waals surface area contributed by atoms with Crippen LogP contribution in [0.4, 0.5) is 11.6 Å². The van der Waals surface area contributed by atoms with Gasteiger partial charge < -0.3 is 24.5 Å². The van der Waals surface area contributed by atoms with Gasteiger partial charge in [0.2, 0.25) is 11.6 Å². The highest BCUT2D eigenvalue weighted by atomic mass is 16.6. The van der Waals surface area contributed by atoms with Crippen LogP contribution in [0.15, 0.2) is 56.9 Å². The van der Waals surface area contributed by atoms with Crippen LogP contribution in [0.3, 0.4) is 0 Å². The number of benzene rings is 1. The number of nitrogens with one attached hydrogen (secondary N) is 2. The Morgan fingerprint density at radius 3 is 2.53 bits per heavy atom. The second-order valence-electron chi connectivity index (χ2n) is 7.25. The Balaban J connectivity index is 1.63. The van der Waals surface area contributed by atoms with Gasteiger partial charge in [0.25, 0.3) is 0 Å². The molecule has 1 aromatic carbocycles. The molecule has 9 nitrogen and oxygen atoms in total. The van der Waals surface area contributed by atoms with E-state index in [4.69, 9.17) is 18.5 Å². The Morgan fingerprint density at radius 2 is 1.83 bits per heavy atom. The number of ether oxygens (including phenoxy) is 2. The van der Waals surface area contributed by atoms with Crippen LogP contribution in [-0.4, -0.2) is 30.3 Å². The molecule has 5 rings (SSSR count). The Morgan fingerprint density at radius 1 is 1.07 bits per heavy atom. The molecule has 154 valence electrons. The fraction of sp³-hybridized carbons (Fsp3) is 0.286. The molecule has 0 amide bonds. The zero-order valence-corrected chi connectivity index (χ0v) is 16.5. The van der Waals surface area contributed by atoms with E-state index >= 15 is 0 Å².